The Balaban J connectivity index is 1.64. The molecule has 1 heterocycles. The Morgan fingerprint density at radius 1 is 1.15 bits per heavy atom. The van der Waals surface area contributed by atoms with E-state index < -0.39 is 5.60 Å². The first-order valence-electron chi connectivity index (χ1n) is 8.30. The number of rotatable bonds is 2. The SMILES string of the molecule is CC1(C)[C@H]2CC[C@]1(C)[C@](O)(CC#CCN1CCCC1)C2. The number of hydrogen-bond acceptors (Lipinski definition) is 2. The molecule has 3 aliphatic rings. The van der Waals surface area contributed by atoms with Crippen LogP contribution in [0.25, 0.3) is 0 Å². The molecule has 0 unspecified atom stereocenters. The lowest BCUT2D eigenvalue weighted by molar-refractivity contribution is -0.0852. The number of hydrogen-bond donors (Lipinski definition) is 1. The van der Waals surface area contributed by atoms with Crippen molar-refractivity contribution in [2.45, 2.75) is 64.9 Å². The lowest BCUT2D eigenvalue weighted by atomic mass is 9.63. The van der Waals surface area contributed by atoms with Gasteiger partial charge in [0.05, 0.1) is 12.1 Å². The van der Waals surface area contributed by atoms with E-state index in [1.165, 1.54) is 32.4 Å². The fourth-order valence-electron chi connectivity index (χ4n) is 5.00. The Hall–Kier alpha value is -0.520. The minimum Gasteiger partial charge on any atom is -0.388 e. The molecule has 20 heavy (non-hydrogen) atoms. The van der Waals surface area contributed by atoms with Crippen LogP contribution >= 0.6 is 0 Å². The molecular weight excluding hydrogens is 246 g/mol. The summed E-state index contributed by atoms with van der Waals surface area (Å²) in [5, 5.41) is 11.2. The quantitative estimate of drug-likeness (QED) is 0.783. The molecule has 2 bridgehead atoms. The van der Waals surface area contributed by atoms with E-state index >= 15 is 0 Å². The molecule has 0 amide bonds. The van der Waals surface area contributed by atoms with E-state index in [2.05, 4.69) is 37.5 Å². The molecule has 3 fully saturated rings. The second-order valence-electron chi connectivity index (χ2n) is 8.04. The third-order valence-electron chi connectivity index (χ3n) is 7.05. The summed E-state index contributed by atoms with van der Waals surface area (Å²) in [6.07, 6.45) is 6.70. The fraction of sp³-hybridized carbons (Fsp3) is 0.889. The average Bonchev–Trinajstić information content (AvgIpc) is 3.01. The highest BCUT2D eigenvalue weighted by atomic mass is 16.3. The molecule has 2 heteroatoms. The Morgan fingerprint density at radius 2 is 1.85 bits per heavy atom. The van der Waals surface area contributed by atoms with E-state index in [1.807, 2.05) is 0 Å². The maximum absolute atomic E-state index is 11.2. The second kappa shape index (κ2) is 4.75. The van der Waals surface area contributed by atoms with Gasteiger partial charge < -0.3 is 5.11 Å². The minimum absolute atomic E-state index is 0.0486. The minimum atomic E-state index is -0.558. The van der Waals surface area contributed by atoms with Gasteiger partial charge in [0.1, 0.15) is 0 Å². The average molecular weight is 275 g/mol. The third-order valence-corrected chi connectivity index (χ3v) is 7.05. The highest BCUT2D eigenvalue weighted by molar-refractivity contribution is 5.21. The van der Waals surface area contributed by atoms with Crippen LogP contribution in [0.2, 0.25) is 0 Å². The summed E-state index contributed by atoms with van der Waals surface area (Å²) in [5.41, 5.74) is -0.247. The van der Waals surface area contributed by atoms with Gasteiger partial charge in [0.15, 0.2) is 0 Å². The zero-order chi connectivity index (χ0) is 14.4. The molecule has 0 aromatic carbocycles. The van der Waals surface area contributed by atoms with E-state index in [0.29, 0.717) is 12.3 Å². The van der Waals surface area contributed by atoms with Crippen molar-refractivity contribution in [2.75, 3.05) is 19.6 Å². The number of fused-ring (bicyclic) bond motifs is 2. The van der Waals surface area contributed by atoms with Crippen molar-refractivity contribution >= 4 is 0 Å². The summed E-state index contributed by atoms with van der Waals surface area (Å²) in [5.74, 6) is 7.28. The van der Waals surface area contributed by atoms with Crippen molar-refractivity contribution < 1.29 is 5.11 Å². The lowest BCUT2D eigenvalue weighted by Crippen LogP contribution is -2.46. The molecule has 1 N–H and O–H groups in total. The van der Waals surface area contributed by atoms with E-state index in [-0.39, 0.29) is 10.8 Å². The van der Waals surface area contributed by atoms with Crippen LogP contribution in [-0.2, 0) is 0 Å². The van der Waals surface area contributed by atoms with Gasteiger partial charge in [-0.25, -0.2) is 0 Å². The summed E-state index contributed by atoms with van der Waals surface area (Å²) < 4.78 is 0. The van der Waals surface area contributed by atoms with Crippen LogP contribution in [0.4, 0.5) is 0 Å². The van der Waals surface area contributed by atoms with Crippen molar-refractivity contribution in [2.24, 2.45) is 16.7 Å². The van der Waals surface area contributed by atoms with Crippen molar-refractivity contribution in [3.8, 4) is 11.8 Å². The van der Waals surface area contributed by atoms with Gasteiger partial charge in [-0.3, -0.25) is 4.90 Å². The molecule has 2 aliphatic carbocycles. The number of likely N-dealkylation sites (tertiary alicyclic amines) is 1. The van der Waals surface area contributed by atoms with Gasteiger partial charge in [-0.05, 0) is 56.5 Å². The van der Waals surface area contributed by atoms with E-state index in [1.54, 1.807) is 0 Å². The monoisotopic (exact) mass is 275 g/mol. The molecule has 2 saturated carbocycles. The summed E-state index contributed by atoms with van der Waals surface area (Å²) in [6, 6.07) is 0. The predicted octanol–water partition coefficient (Wildman–Crippen LogP) is 3.05. The topological polar surface area (TPSA) is 23.5 Å². The van der Waals surface area contributed by atoms with Crippen LogP contribution in [0.3, 0.4) is 0 Å². The summed E-state index contributed by atoms with van der Waals surface area (Å²) in [7, 11) is 0. The molecular formula is C18H29NO. The summed E-state index contributed by atoms with van der Waals surface area (Å²) in [4.78, 5) is 2.42. The molecule has 0 spiro atoms. The van der Waals surface area contributed by atoms with Gasteiger partial charge in [-0.15, -0.1) is 0 Å². The third kappa shape index (κ3) is 1.94. The smallest absolute Gasteiger partial charge is 0.0817 e. The molecule has 1 saturated heterocycles. The first-order valence-corrected chi connectivity index (χ1v) is 8.30. The summed E-state index contributed by atoms with van der Waals surface area (Å²) in [6.45, 7) is 10.3. The van der Waals surface area contributed by atoms with E-state index in [0.717, 1.165) is 19.4 Å². The Bertz CT molecular complexity index is 440. The lowest BCUT2D eigenvalue weighted by Gasteiger charge is -2.44. The molecule has 3 rings (SSSR count). The van der Waals surface area contributed by atoms with Crippen LogP contribution in [0.1, 0.15) is 59.3 Å². The van der Waals surface area contributed by atoms with Gasteiger partial charge in [0, 0.05) is 11.8 Å². The molecule has 0 radical (unpaired) electrons. The van der Waals surface area contributed by atoms with Gasteiger partial charge >= 0.3 is 0 Å². The maximum atomic E-state index is 11.2. The van der Waals surface area contributed by atoms with E-state index in [9.17, 15) is 5.11 Å². The van der Waals surface area contributed by atoms with Crippen molar-refractivity contribution in [1.29, 1.82) is 0 Å². The molecule has 112 valence electrons. The van der Waals surface area contributed by atoms with Crippen LogP contribution in [0.5, 0.6) is 0 Å². The van der Waals surface area contributed by atoms with Crippen molar-refractivity contribution in [1.82, 2.24) is 4.90 Å². The Labute approximate surface area is 123 Å². The largest absolute Gasteiger partial charge is 0.388 e. The van der Waals surface area contributed by atoms with Gasteiger partial charge in [0.2, 0.25) is 0 Å². The van der Waals surface area contributed by atoms with Crippen molar-refractivity contribution in [3.05, 3.63) is 0 Å². The fourth-order valence-corrected chi connectivity index (χ4v) is 5.00. The highest BCUT2D eigenvalue weighted by Gasteiger charge is 2.67. The van der Waals surface area contributed by atoms with Crippen LogP contribution in [0.15, 0.2) is 0 Å². The zero-order valence-corrected chi connectivity index (χ0v) is 13.3. The van der Waals surface area contributed by atoms with Crippen LogP contribution < -0.4 is 0 Å². The molecule has 1 aliphatic heterocycles. The highest BCUT2D eigenvalue weighted by Crippen LogP contribution is 2.70. The predicted molar refractivity (Wildman–Crippen MR) is 82.2 cm³/mol. The maximum Gasteiger partial charge on any atom is 0.0817 e. The van der Waals surface area contributed by atoms with Gasteiger partial charge in [-0.2, -0.15) is 0 Å². The molecule has 3 atom stereocenters. The summed E-state index contributed by atoms with van der Waals surface area (Å²) >= 11 is 0. The Kier molecular flexibility index (Phi) is 3.42. The molecule has 2 nitrogen and oxygen atoms in total. The van der Waals surface area contributed by atoms with Gasteiger partial charge in [-0.1, -0.05) is 32.6 Å². The number of aliphatic hydroxyl groups is 1. The molecule has 0 aromatic heterocycles. The van der Waals surface area contributed by atoms with Crippen LogP contribution in [-0.4, -0.2) is 35.2 Å². The van der Waals surface area contributed by atoms with Crippen molar-refractivity contribution in [3.63, 3.8) is 0 Å². The first kappa shape index (κ1) is 14.4. The van der Waals surface area contributed by atoms with E-state index in [4.69, 9.17) is 0 Å². The van der Waals surface area contributed by atoms with Crippen LogP contribution in [0, 0.1) is 28.6 Å². The zero-order valence-electron chi connectivity index (χ0n) is 13.3. The second-order valence-corrected chi connectivity index (χ2v) is 8.04. The van der Waals surface area contributed by atoms with Gasteiger partial charge in [0.25, 0.3) is 0 Å². The first-order chi connectivity index (χ1) is 9.39. The standard InChI is InChI=1S/C18H29NO/c1-16(2)15-8-10-17(16,3)18(20,14-15)9-4-5-11-19-12-6-7-13-19/h15,20H,6-14H2,1-3H3/t15-,17-,18-/m0/s1. The normalized spacial score (nSPS) is 42.7. The molecule has 0 aromatic rings. The Morgan fingerprint density at radius 3 is 2.40 bits per heavy atom. The number of nitrogens with zero attached hydrogens (tertiary/aromatic N) is 1.